The van der Waals surface area contributed by atoms with Crippen LogP contribution in [0.3, 0.4) is 0 Å². The third kappa shape index (κ3) is 2.08. The van der Waals surface area contributed by atoms with E-state index in [1.54, 1.807) is 0 Å². The maximum absolute atomic E-state index is 11.0. The molecule has 98 valence electrons. The Bertz CT molecular complexity index is 440. The van der Waals surface area contributed by atoms with Crippen LogP contribution in [-0.2, 0) is 4.79 Å². The van der Waals surface area contributed by atoms with E-state index in [-0.39, 0.29) is 5.92 Å². The van der Waals surface area contributed by atoms with E-state index < -0.39 is 11.5 Å². The molecule has 1 fully saturated rings. The number of carbonyl (C=O) groups is 1. The first-order valence-corrected chi connectivity index (χ1v) is 6.40. The van der Waals surface area contributed by atoms with Crippen LogP contribution in [0, 0.1) is 0 Å². The van der Waals surface area contributed by atoms with Crippen molar-refractivity contribution >= 4 is 11.7 Å². The fourth-order valence-electron chi connectivity index (χ4n) is 2.44. The van der Waals surface area contributed by atoms with Gasteiger partial charge < -0.3 is 15.7 Å². The lowest BCUT2D eigenvalue weighted by molar-refractivity contribution is -0.139. The molecule has 1 aliphatic rings. The first-order chi connectivity index (χ1) is 8.52. The van der Waals surface area contributed by atoms with Gasteiger partial charge in [0.15, 0.2) is 0 Å². The van der Waals surface area contributed by atoms with Crippen LogP contribution in [0.5, 0.6) is 0 Å². The molecule has 0 unspecified atom stereocenters. The van der Waals surface area contributed by atoms with Crippen molar-refractivity contribution < 1.29 is 9.90 Å². The summed E-state index contributed by atoms with van der Waals surface area (Å²) in [6.07, 6.45) is 0.535. The van der Waals surface area contributed by atoms with Crippen LogP contribution in [0.25, 0.3) is 0 Å². The molecule has 0 radical (unpaired) electrons. The molecule has 18 heavy (non-hydrogen) atoms. The number of nitrogens with zero attached hydrogens (tertiary/aromatic N) is 1. The Kier molecular flexibility index (Phi) is 3.30. The number of hydrogen-bond acceptors (Lipinski definition) is 3. The predicted octanol–water partition coefficient (Wildman–Crippen LogP) is 1.80. The largest absolute Gasteiger partial charge is 0.480 e. The predicted molar refractivity (Wildman–Crippen MR) is 71.9 cm³/mol. The number of hydrogen-bond donors (Lipinski definition) is 2. The van der Waals surface area contributed by atoms with Crippen LogP contribution in [-0.4, -0.2) is 29.7 Å². The lowest BCUT2D eigenvalue weighted by Gasteiger charge is -2.21. The smallest absolute Gasteiger partial charge is 0.324 e. The molecule has 4 nitrogen and oxygen atoms in total. The zero-order valence-corrected chi connectivity index (χ0v) is 10.9. The van der Waals surface area contributed by atoms with Crippen molar-refractivity contribution in [2.75, 3.05) is 18.0 Å². The number of carboxylic acids is 1. The average molecular weight is 248 g/mol. The Morgan fingerprint density at radius 3 is 2.33 bits per heavy atom. The van der Waals surface area contributed by atoms with Gasteiger partial charge in [-0.25, -0.2) is 0 Å². The number of carboxylic acid groups (broad SMARTS) is 1. The molecule has 4 heteroatoms. The summed E-state index contributed by atoms with van der Waals surface area (Å²) in [5.74, 6) is -0.943. The van der Waals surface area contributed by atoms with Gasteiger partial charge in [0.2, 0.25) is 0 Å². The molecule has 0 bridgehead atoms. The van der Waals surface area contributed by atoms with Gasteiger partial charge in [-0.3, -0.25) is 4.79 Å². The molecular weight excluding hydrogens is 228 g/mol. The Morgan fingerprint density at radius 2 is 1.94 bits per heavy atom. The second kappa shape index (κ2) is 4.61. The quantitative estimate of drug-likeness (QED) is 0.834. The van der Waals surface area contributed by atoms with Gasteiger partial charge in [0.1, 0.15) is 5.54 Å². The fourth-order valence-corrected chi connectivity index (χ4v) is 2.44. The average Bonchev–Trinajstić information content (AvgIpc) is 3.06. The Morgan fingerprint density at radius 1 is 1.39 bits per heavy atom. The highest BCUT2D eigenvalue weighted by atomic mass is 16.4. The highest BCUT2D eigenvalue weighted by molar-refractivity contribution is 5.85. The van der Waals surface area contributed by atoms with Gasteiger partial charge in [-0.15, -0.1) is 0 Å². The van der Waals surface area contributed by atoms with E-state index in [1.165, 1.54) is 5.69 Å². The summed E-state index contributed by atoms with van der Waals surface area (Å²) in [5, 5.41) is 9.03. The first-order valence-electron chi connectivity index (χ1n) is 6.40. The molecule has 3 N–H and O–H groups in total. The van der Waals surface area contributed by atoms with E-state index in [9.17, 15) is 4.79 Å². The van der Waals surface area contributed by atoms with Crippen molar-refractivity contribution in [2.45, 2.75) is 31.7 Å². The third-order valence-corrected chi connectivity index (χ3v) is 3.83. The van der Waals surface area contributed by atoms with Crippen molar-refractivity contribution in [1.29, 1.82) is 0 Å². The summed E-state index contributed by atoms with van der Waals surface area (Å²) in [5.41, 5.74) is 6.95. The van der Waals surface area contributed by atoms with Crippen LogP contribution < -0.4 is 10.6 Å². The summed E-state index contributed by atoms with van der Waals surface area (Å²) < 4.78 is 0. The summed E-state index contributed by atoms with van der Waals surface area (Å²) in [4.78, 5) is 13.3. The molecule has 0 saturated heterocycles. The monoisotopic (exact) mass is 248 g/mol. The molecule has 0 heterocycles. The minimum atomic E-state index is -1.04. The van der Waals surface area contributed by atoms with Gasteiger partial charge >= 0.3 is 5.97 Å². The molecule has 1 saturated carbocycles. The summed E-state index contributed by atoms with van der Waals surface area (Å²) in [6.45, 7) is 6.17. The maximum atomic E-state index is 11.0. The molecule has 2 rings (SSSR count). The van der Waals surface area contributed by atoms with Crippen LogP contribution in [0.1, 0.15) is 31.7 Å². The number of benzene rings is 1. The van der Waals surface area contributed by atoms with E-state index in [1.807, 2.05) is 24.3 Å². The molecule has 0 aliphatic heterocycles. The number of anilines is 1. The third-order valence-electron chi connectivity index (χ3n) is 3.83. The SMILES string of the molecule is CCN(CC)c1ccc([C@@H]2C[C@@]2(N)C(=O)O)cc1. The summed E-state index contributed by atoms with van der Waals surface area (Å²) in [6, 6.07) is 8.08. The van der Waals surface area contributed by atoms with Crippen molar-refractivity contribution in [1.82, 2.24) is 0 Å². The summed E-state index contributed by atoms with van der Waals surface area (Å²) >= 11 is 0. The van der Waals surface area contributed by atoms with E-state index in [4.69, 9.17) is 10.8 Å². The molecule has 2 atom stereocenters. The topological polar surface area (TPSA) is 66.6 Å². The van der Waals surface area contributed by atoms with Gasteiger partial charge in [0.05, 0.1) is 0 Å². The molecule has 1 aromatic carbocycles. The zero-order valence-electron chi connectivity index (χ0n) is 10.9. The second-order valence-electron chi connectivity index (χ2n) is 4.87. The fraction of sp³-hybridized carbons (Fsp3) is 0.500. The molecule has 1 aliphatic carbocycles. The van der Waals surface area contributed by atoms with Crippen LogP contribution >= 0.6 is 0 Å². The number of nitrogens with two attached hydrogens (primary N) is 1. The van der Waals surface area contributed by atoms with Crippen molar-refractivity contribution in [3.63, 3.8) is 0 Å². The molecule has 0 aromatic heterocycles. The zero-order chi connectivity index (χ0) is 13.3. The highest BCUT2D eigenvalue weighted by Gasteiger charge is 2.58. The van der Waals surface area contributed by atoms with E-state index in [0.717, 1.165) is 18.7 Å². The van der Waals surface area contributed by atoms with Gasteiger partial charge in [-0.05, 0) is 38.0 Å². The first kappa shape index (κ1) is 12.9. The van der Waals surface area contributed by atoms with Crippen molar-refractivity contribution in [3.05, 3.63) is 29.8 Å². The minimum Gasteiger partial charge on any atom is -0.480 e. The highest BCUT2D eigenvalue weighted by Crippen LogP contribution is 2.49. The minimum absolute atomic E-state index is 0.0410. The lowest BCUT2D eigenvalue weighted by Crippen LogP contribution is -2.34. The Labute approximate surface area is 107 Å². The second-order valence-corrected chi connectivity index (χ2v) is 4.87. The van der Waals surface area contributed by atoms with Gasteiger partial charge in [0.25, 0.3) is 0 Å². The lowest BCUT2D eigenvalue weighted by atomic mass is 10.1. The normalized spacial score (nSPS) is 25.8. The summed E-state index contributed by atoms with van der Waals surface area (Å²) in [7, 11) is 0. The standard InChI is InChI=1S/C14H20N2O2/c1-3-16(4-2)11-7-5-10(6-8-11)12-9-14(12,15)13(17)18/h5-8,12H,3-4,9,15H2,1-2H3,(H,17,18)/t12-,14-/m0/s1. The van der Waals surface area contributed by atoms with Gasteiger partial charge in [0, 0.05) is 24.7 Å². The maximum Gasteiger partial charge on any atom is 0.324 e. The molecule has 0 amide bonds. The van der Waals surface area contributed by atoms with Gasteiger partial charge in [-0.2, -0.15) is 0 Å². The molecule has 1 aromatic rings. The van der Waals surface area contributed by atoms with Crippen LogP contribution in [0.4, 0.5) is 5.69 Å². The Balaban J connectivity index is 2.13. The van der Waals surface area contributed by atoms with E-state index in [0.29, 0.717) is 6.42 Å². The van der Waals surface area contributed by atoms with Crippen molar-refractivity contribution in [3.8, 4) is 0 Å². The van der Waals surface area contributed by atoms with Gasteiger partial charge in [-0.1, -0.05) is 12.1 Å². The Hall–Kier alpha value is -1.55. The number of rotatable bonds is 5. The molecule has 0 spiro atoms. The van der Waals surface area contributed by atoms with E-state index in [2.05, 4.69) is 18.7 Å². The van der Waals surface area contributed by atoms with Crippen molar-refractivity contribution in [2.24, 2.45) is 5.73 Å². The van der Waals surface area contributed by atoms with E-state index >= 15 is 0 Å². The molecular formula is C14H20N2O2. The van der Waals surface area contributed by atoms with Crippen LogP contribution in [0.15, 0.2) is 24.3 Å². The number of aliphatic carboxylic acids is 1. The van der Waals surface area contributed by atoms with Crippen LogP contribution in [0.2, 0.25) is 0 Å².